The molecule has 1 aliphatic rings. The summed E-state index contributed by atoms with van der Waals surface area (Å²) in [5.74, 6) is 0.738. The average molecular weight is 80.1 g/mol. The third-order valence-corrected chi connectivity index (χ3v) is 1.09. The van der Waals surface area contributed by atoms with E-state index in [0.717, 1.165) is 5.92 Å². The van der Waals surface area contributed by atoms with Crippen LogP contribution in [-0.2, 0) is 0 Å². The van der Waals surface area contributed by atoms with Crippen molar-refractivity contribution >= 4 is 0 Å². The average Bonchev–Trinajstić information content (AvgIpc) is 2.19. The molecule has 0 fully saturated rings. The van der Waals surface area contributed by atoms with Crippen LogP contribution in [0.4, 0.5) is 0 Å². The van der Waals surface area contributed by atoms with Crippen LogP contribution in [-0.4, -0.2) is 0 Å². The van der Waals surface area contributed by atoms with E-state index < -0.39 is 0 Å². The summed E-state index contributed by atoms with van der Waals surface area (Å²) in [6.07, 6.45) is 4.09. The molecule has 1 atom stereocenters. The number of allylic oxidation sites excluding steroid dienone is 3. The Kier molecular flexibility index (Phi) is 0.592. The molecule has 0 saturated carbocycles. The lowest BCUT2D eigenvalue weighted by Gasteiger charge is -1.72. The zero-order valence-corrected chi connectivity index (χ0v) is 3.94. The number of hydrogen-bond acceptors (Lipinski definition) is 0. The summed E-state index contributed by atoms with van der Waals surface area (Å²) in [4.78, 5) is 0. The highest BCUT2D eigenvalue weighted by atomic mass is 14.2. The molecule has 0 heterocycles. The molecule has 1 aliphatic carbocycles. The van der Waals surface area contributed by atoms with E-state index in [1.54, 1.807) is 0 Å². The molecule has 0 radical (unpaired) electrons. The first-order valence-electron chi connectivity index (χ1n) is 2.18. The SMILES string of the molecule is C=CC1=CC1C. The van der Waals surface area contributed by atoms with Crippen LogP contribution >= 0.6 is 0 Å². The molecule has 0 heteroatoms. The first-order valence-corrected chi connectivity index (χ1v) is 2.18. The molecule has 0 aromatic heterocycles. The molecular formula is C6H8. The maximum absolute atomic E-state index is 3.60. The third-order valence-electron chi connectivity index (χ3n) is 1.09. The monoisotopic (exact) mass is 80.1 g/mol. The van der Waals surface area contributed by atoms with Crippen molar-refractivity contribution in [1.29, 1.82) is 0 Å². The summed E-state index contributed by atoms with van der Waals surface area (Å²) in [6.45, 7) is 5.77. The lowest BCUT2D eigenvalue weighted by Crippen LogP contribution is -1.60. The molecule has 32 valence electrons. The minimum absolute atomic E-state index is 0.738. The second-order valence-electron chi connectivity index (χ2n) is 1.66. The normalized spacial score (nSPS) is 28.8. The van der Waals surface area contributed by atoms with E-state index >= 15 is 0 Å². The Hall–Kier alpha value is -0.520. The molecule has 0 bridgehead atoms. The van der Waals surface area contributed by atoms with Crippen molar-refractivity contribution in [3.8, 4) is 0 Å². The van der Waals surface area contributed by atoms with E-state index in [4.69, 9.17) is 0 Å². The van der Waals surface area contributed by atoms with Gasteiger partial charge < -0.3 is 0 Å². The Balaban J connectivity index is 2.42. The molecule has 0 aliphatic heterocycles. The molecule has 0 N–H and O–H groups in total. The van der Waals surface area contributed by atoms with Crippen molar-refractivity contribution in [2.24, 2.45) is 5.92 Å². The Bertz CT molecular complexity index is 98.6. The molecule has 0 spiro atoms. The lowest BCUT2D eigenvalue weighted by atomic mass is 10.3. The summed E-state index contributed by atoms with van der Waals surface area (Å²) in [6, 6.07) is 0. The van der Waals surface area contributed by atoms with Gasteiger partial charge in [0.1, 0.15) is 0 Å². The molecule has 0 nitrogen and oxygen atoms in total. The van der Waals surface area contributed by atoms with E-state index in [2.05, 4.69) is 19.6 Å². The Morgan fingerprint density at radius 1 is 2.00 bits per heavy atom. The van der Waals surface area contributed by atoms with Gasteiger partial charge in [-0.15, -0.1) is 0 Å². The molecule has 1 unspecified atom stereocenters. The van der Waals surface area contributed by atoms with Crippen LogP contribution in [0, 0.1) is 5.92 Å². The van der Waals surface area contributed by atoms with Crippen molar-refractivity contribution < 1.29 is 0 Å². The fourth-order valence-electron chi connectivity index (χ4n) is 0.494. The van der Waals surface area contributed by atoms with Gasteiger partial charge in [0.15, 0.2) is 0 Å². The van der Waals surface area contributed by atoms with Gasteiger partial charge in [0, 0.05) is 0 Å². The molecule has 0 aromatic carbocycles. The zero-order chi connectivity index (χ0) is 4.57. The van der Waals surface area contributed by atoms with Gasteiger partial charge in [-0.05, 0) is 11.5 Å². The maximum atomic E-state index is 3.60. The van der Waals surface area contributed by atoms with Gasteiger partial charge in [0.2, 0.25) is 0 Å². The van der Waals surface area contributed by atoms with Crippen molar-refractivity contribution in [2.75, 3.05) is 0 Å². The fourth-order valence-corrected chi connectivity index (χ4v) is 0.494. The largest absolute Gasteiger partial charge is 0.0988 e. The number of rotatable bonds is 1. The molecular weight excluding hydrogens is 72.1 g/mol. The maximum Gasteiger partial charge on any atom is -0.000756 e. The Morgan fingerprint density at radius 2 is 2.50 bits per heavy atom. The van der Waals surface area contributed by atoms with Crippen LogP contribution in [0.2, 0.25) is 0 Å². The van der Waals surface area contributed by atoms with Gasteiger partial charge in [-0.2, -0.15) is 0 Å². The van der Waals surface area contributed by atoms with E-state index in [0.29, 0.717) is 0 Å². The zero-order valence-electron chi connectivity index (χ0n) is 3.94. The summed E-state index contributed by atoms with van der Waals surface area (Å²) in [5, 5.41) is 0. The first kappa shape index (κ1) is 3.66. The van der Waals surface area contributed by atoms with Crippen molar-refractivity contribution in [1.82, 2.24) is 0 Å². The predicted molar refractivity (Wildman–Crippen MR) is 27.4 cm³/mol. The topological polar surface area (TPSA) is 0 Å². The highest BCUT2D eigenvalue weighted by Crippen LogP contribution is 2.27. The lowest BCUT2D eigenvalue weighted by molar-refractivity contribution is 1.06. The van der Waals surface area contributed by atoms with Gasteiger partial charge in [-0.1, -0.05) is 25.7 Å². The Morgan fingerprint density at radius 3 is 2.50 bits per heavy atom. The standard InChI is InChI=1S/C6H8/c1-3-6-4-5(6)2/h3-5H,1H2,2H3. The highest BCUT2D eigenvalue weighted by Gasteiger charge is 2.13. The van der Waals surface area contributed by atoms with E-state index in [9.17, 15) is 0 Å². The van der Waals surface area contributed by atoms with Gasteiger partial charge in [-0.25, -0.2) is 0 Å². The Labute approximate surface area is 38.2 Å². The molecule has 6 heavy (non-hydrogen) atoms. The van der Waals surface area contributed by atoms with E-state index in [-0.39, 0.29) is 0 Å². The summed E-state index contributed by atoms with van der Waals surface area (Å²) in [7, 11) is 0. The second-order valence-corrected chi connectivity index (χ2v) is 1.66. The van der Waals surface area contributed by atoms with Gasteiger partial charge >= 0.3 is 0 Å². The van der Waals surface area contributed by atoms with E-state index in [1.165, 1.54) is 5.57 Å². The van der Waals surface area contributed by atoms with Crippen LogP contribution in [0.5, 0.6) is 0 Å². The summed E-state index contributed by atoms with van der Waals surface area (Å²) < 4.78 is 0. The smallest absolute Gasteiger partial charge is 0.000756 e. The van der Waals surface area contributed by atoms with Crippen LogP contribution < -0.4 is 0 Å². The van der Waals surface area contributed by atoms with Crippen molar-refractivity contribution in [2.45, 2.75) is 6.92 Å². The summed E-state index contributed by atoms with van der Waals surface area (Å²) >= 11 is 0. The minimum atomic E-state index is 0.738. The van der Waals surface area contributed by atoms with Crippen molar-refractivity contribution in [3.05, 3.63) is 24.3 Å². The second kappa shape index (κ2) is 0.970. The molecule has 0 amide bonds. The van der Waals surface area contributed by atoms with Gasteiger partial charge in [0.05, 0.1) is 0 Å². The highest BCUT2D eigenvalue weighted by molar-refractivity contribution is 5.36. The van der Waals surface area contributed by atoms with E-state index in [1.807, 2.05) is 6.08 Å². The quantitative estimate of drug-likeness (QED) is 0.450. The molecule has 0 aromatic rings. The molecule has 0 saturated heterocycles. The fraction of sp³-hybridized carbons (Fsp3) is 0.333. The predicted octanol–water partition coefficient (Wildman–Crippen LogP) is 1.75. The van der Waals surface area contributed by atoms with Crippen molar-refractivity contribution in [3.63, 3.8) is 0 Å². The van der Waals surface area contributed by atoms with Gasteiger partial charge in [0.25, 0.3) is 0 Å². The van der Waals surface area contributed by atoms with Crippen LogP contribution in [0.15, 0.2) is 24.3 Å². The minimum Gasteiger partial charge on any atom is -0.0988 e. The first-order chi connectivity index (χ1) is 2.84. The third kappa shape index (κ3) is 0.383. The van der Waals surface area contributed by atoms with Crippen LogP contribution in [0.1, 0.15) is 6.92 Å². The van der Waals surface area contributed by atoms with Gasteiger partial charge in [-0.3, -0.25) is 0 Å². The molecule has 1 rings (SSSR count). The summed E-state index contributed by atoms with van der Waals surface area (Å²) in [5.41, 5.74) is 1.40. The number of hydrogen-bond donors (Lipinski definition) is 0. The van der Waals surface area contributed by atoms with Crippen LogP contribution in [0.3, 0.4) is 0 Å². The van der Waals surface area contributed by atoms with Crippen LogP contribution in [0.25, 0.3) is 0 Å².